The SMILES string of the molecule is COC(=O)CCC(C(=O)O)N1C(=O)C2CCCC2C1=O. The number of methoxy groups -OCH3 is 1. The van der Waals surface area contributed by atoms with Gasteiger partial charge in [0.25, 0.3) is 0 Å². The van der Waals surface area contributed by atoms with E-state index in [-0.39, 0.29) is 24.7 Å². The van der Waals surface area contributed by atoms with E-state index in [4.69, 9.17) is 0 Å². The fraction of sp³-hybridized carbons (Fsp3) is 0.692. The summed E-state index contributed by atoms with van der Waals surface area (Å²) in [7, 11) is 1.20. The molecule has 7 nitrogen and oxygen atoms in total. The number of carbonyl (C=O) groups excluding carboxylic acids is 3. The highest BCUT2D eigenvalue weighted by Crippen LogP contribution is 2.40. The van der Waals surface area contributed by atoms with Crippen LogP contribution in [0, 0.1) is 11.8 Å². The molecule has 0 spiro atoms. The molecule has 0 aromatic carbocycles. The third kappa shape index (κ3) is 2.39. The van der Waals surface area contributed by atoms with Gasteiger partial charge in [-0.25, -0.2) is 4.79 Å². The predicted octanol–water partition coefficient (Wildman–Crippen LogP) is 0.178. The van der Waals surface area contributed by atoms with Gasteiger partial charge < -0.3 is 9.84 Å². The van der Waals surface area contributed by atoms with Gasteiger partial charge in [0, 0.05) is 6.42 Å². The Morgan fingerprint density at radius 2 is 1.85 bits per heavy atom. The van der Waals surface area contributed by atoms with E-state index in [1.54, 1.807) is 0 Å². The van der Waals surface area contributed by atoms with Gasteiger partial charge in [-0.05, 0) is 19.3 Å². The number of carboxylic acids is 1. The summed E-state index contributed by atoms with van der Waals surface area (Å²) in [5.74, 6) is -3.39. The topological polar surface area (TPSA) is 101 Å². The highest BCUT2D eigenvalue weighted by atomic mass is 16.5. The number of likely N-dealkylation sites (tertiary alicyclic amines) is 1. The minimum atomic E-state index is -1.28. The van der Waals surface area contributed by atoms with Crippen LogP contribution in [0.4, 0.5) is 0 Å². The third-order valence-electron chi connectivity index (χ3n) is 4.07. The van der Waals surface area contributed by atoms with Crippen LogP contribution in [0.1, 0.15) is 32.1 Å². The smallest absolute Gasteiger partial charge is 0.326 e. The van der Waals surface area contributed by atoms with Crippen molar-refractivity contribution in [1.29, 1.82) is 0 Å². The maximum absolute atomic E-state index is 12.2. The summed E-state index contributed by atoms with van der Waals surface area (Å²) in [6.45, 7) is 0. The summed E-state index contributed by atoms with van der Waals surface area (Å²) >= 11 is 0. The maximum atomic E-state index is 12.2. The normalized spacial score (nSPS) is 26.6. The van der Waals surface area contributed by atoms with Gasteiger partial charge in [-0.1, -0.05) is 6.42 Å². The fourth-order valence-electron chi connectivity index (χ4n) is 3.04. The van der Waals surface area contributed by atoms with Gasteiger partial charge >= 0.3 is 11.9 Å². The van der Waals surface area contributed by atoms with E-state index in [0.29, 0.717) is 12.8 Å². The molecule has 1 saturated heterocycles. The second-order valence-corrected chi connectivity index (χ2v) is 5.16. The van der Waals surface area contributed by atoms with E-state index in [1.807, 2.05) is 0 Å². The molecule has 2 fully saturated rings. The molecule has 0 aromatic rings. The predicted molar refractivity (Wildman–Crippen MR) is 65.4 cm³/mol. The summed E-state index contributed by atoms with van der Waals surface area (Å²) in [6, 6.07) is -1.28. The molecule has 0 bridgehead atoms. The molecule has 110 valence electrons. The van der Waals surface area contributed by atoms with Crippen LogP contribution in [-0.2, 0) is 23.9 Å². The first-order chi connectivity index (χ1) is 9.47. The molecular weight excluding hydrogens is 266 g/mol. The van der Waals surface area contributed by atoms with Crippen molar-refractivity contribution in [2.75, 3.05) is 7.11 Å². The van der Waals surface area contributed by atoms with Crippen LogP contribution in [0.3, 0.4) is 0 Å². The van der Waals surface area contributed by atoms with Gasteiger partial charge in [-0.15, -0.1) is 0 Å². The number of fused-ring (bicyclic) bond motifs is 1. The number of ether oxygens (including phenoxy) is 1. The molecule has 0 radical (unpaired) electrons. The third-order valence-corrected chi connectivity index (χ3v) is 4.07. The van der Waals surface area contributed by atoms with Gasteiger partial charge in [0.05, 0.1) is 18.9 Å². The number of carboxylic acid groups (broad SMARTS) is 1. The highest BCUT2D eigenvalue weighted by molar-refractivity contribution is 6.08. The summed E-state index contributed by atoms with van der Waals surface area (Å²) in [5.41, 5.74) is 0. The van der Waals surface area contributed by atoms with Crippen LogP contribution >= 0.6 is 0 Å². The molecule has 1 heterocycles. The van der Waals surface area contributed by atoms with Crippen molar-refractivity contribution in [1.82, 2.24) is 4.90 Å². The summed E-state index contributed by atoms with van der Waals surface area (Å²) in [4.78, 5) is 47.6. The molecule has 1 aliphatic carbocycles. The first-order valence-corrected chi connectivity index (χ1v) is 6.64. The zero-order chi connectivity index (χ0) is 14.9. The Hall–Kier alpha value is -1.92. The number of amides is 2. The number of aliphatic carboxylic acids is 1. The Morgan fingerprint density at radius 3 is 2.30 bits per heavy atom. The van der Waals surface area contributed by atoms with E-state index < -0.39 is 29.8 Å². The second kappa shape index (κ2) is 5.60. The van der Waals surface area contributed by atoms with E-state index in [0.717, 1.165) is 11.3 Å². The Kier molecular flexibility index (Phi) is 4.06. The standard InChI is InChI=1S/C13H17NO6/c1-20-10(15)6-5-9(13(18)19)14-11(16)7-3-2-4-8(7)12(14)17/h7-9H,2-6H2,1H3,(H,18,19). The lowest BCUT2D eigenvalue weighted by Gasteiger charge is -2.23. The average Bonchev–Trinajstić information content (AvgIpc) is 2.97. The lowest BCUT2D eigenvalue weighted by molar-refractivity contribution is -0.156. The first-order valence-electron chi connectivity index (χ1n) is 6.64. The van der Waals surface area contributed by atoms with Gasteiger partial charge in [-0.2, -0.15) is 0 Å². The van der Waals surface area contributed by atoms with E-state index in [9.17, 15) is 24.3 Å². The number of carbonyl (C=O) groups is 4. The number of hydrogen-bond acceptors (Lipinski definition) is 5. The number of hydrogen-bond donors (Lipinski definition) is 1. The molecule has 0 aromatic heterocycles. The van der Waals surface area contributed by atoms with Gasteiger partial charge in [-0.3, -0.25) is 19.3 Å². The molecule has 1 saturated carbocycles. The van der Waals surface area contributed by atoms with Crippen molar-refractivity contribution >= 4 is 23.8 Å². The van der Waals surface area contributed by atoms with Crippen molar-refractivity contribution in [3.8, 4) is 0 Å². The molecule has 3 atom stereocenters. The molecule has 20 heavy (non-hydrogen) atoms. The van der Waals surface area contributed by atoms with Crippen LogP contribution in [0.5, 0.6) is 0 Å². The first kappa shape index (κ1) is 14.5. The molecule has 1 N–H and O–H groups in total. The van der Waals surface area contributed by atoms with Crippen LogP contribution in [0.2, 0.25) is 0 Å². The van der Waals surface area contributed by atoms with Crippen molar-refractivity contribution < 1.29 is 29.0 Å². The number of esters is 1. The van der Waals surface area contributed by atoms with Gasteiger partial charge in [0.2, 0.25) is 11.8 Å². The summed E-state index contributed by atoms with van der Waals surface area (Å²) < 4.78 is 4.45. The van der Waals surface area contributed by atoms with Crippen molar-refractivity contribution in [2.24, 2.45) is 11.8 Å². The van der Waals surface area contributed by atoms with Crippen LogP contribution in [0.25, 0.3) is 0 Å². The second-order valence-electron chi connectivity index (χ2n) is 5.16. The Bertz CT molecular complexity index is 438. The lowest BCUT2D eigenvalue weighted by atomic mass is 10.00. The van der Waals surface area contributed by atoms with Gasteiger partial charge in [0.1, 0.15) is 6.04 Å². The molecule has 2 amide bonds. The van der Waals surface area contributed by atoms with Crippen LogP contribution < -0.4 is 0 Å². The van der Waals surface area contributed by atoms with Gasteiger partial charge in [0.15, 0.2) is 0 Å². The Balaban J connectivity index is 2.13. The highest BCUT2D eigenvalue weighted by Gasteiger charge is 2.53. The molecule has 2 aliphatic rings. The molecule has 1 aliphatic heterocycles. The summed E-state index contributed by atoms with van der Waals surface area (Å²) in [6.07, 6.45) is 1.84. The van der Waals surface area contributed by atoms with E-state index >= 15 is 0 Å². The number of imide groups is 1. The molecular formula is C13H17NO6. The van der Waals surface area contributed by atoms with Crippen molar-refractivity contribution in [3.63, 3.8) is 0 Å². The maximum Gasteiger partial charge on any atom is 0.326 e. The number of rotatable bonds is 5. The van der Waals surface area contributed by atoms with Crippen molar-refractivity contribution in [2.45, 2.75) is 38.1 Å². The van der Waals surface area contributed by atoms with E-state index in [2.05, 4.69) is 4.74 Å². The zero-order valence-electron chi connectivity index (χ0n) is 11.2. The van der Waals surface area contributed by atoms with E-state index in [1.165, 1.54) is 7.11 Å². The largest absolute Gasteiger partial charge is 0.480 e. The monoisotopic (exact) mass is 283 g/mol. The van der Waals surface area contributed by atoms with Crippen LogP contribution in [-0.4, -0.2) is 46.9 Å². The zero-order valence-corrected chi connectivity index (χ0v) is 11.2. The number of nitrogens with zero attached hydrogens (tertiary/aromatic N) is 1. The average molecular weight is 283 g/mol. The Morgan fingerprint density at radius 1 is 1.30 bits per heavy atom. The minimum absolute atomic E-state index is 0.112. The fourth-order valence-corrected chi connectivity index (χ4v) is 3.04. The molecule has 3 unspecified atom stereocenters. The Labute approximate surface area is 115 Å². The van der Waals surface area contributed by atoms with Crippen molar-refractivity contribution in [3.05, 3.63) is 0 Å². The summed E-state index contributed by atoms with van der Waals surface area (Å²) in [5, 5.41) is 9.22. The van der Waals surface area contributed by atoms with Crippen LogP contribution in [0.15, 0.2) is 0 Å². The molecule has 7 heteroatoms. The minimum Gasteiger partial charge on any atom is -0.480 e. The molecule has 2 rings (SSSR count). The quantitative estimate of drug-likeness (QED) is 0.570. The lowest BCUT2D eigenvalue weighted by Crippen LogP contribution is -2.46.